The number of hydrogen-bond acceptors (Lipinski definition) is 5. The van der Waals surface area contributed by atoms with E-state index in [1.54, 1.807) is 31.4 Å². The van der Waals surface area contributed by atoms with E-state index in [2.05, 4.69) is 5.32 Å². The molecule has 1 heterocycles. The lowest BCUT2D eigenvalue weighted by atomic mass is 9.99. The van der Waals surface area contributed by atoms with Gasteiger partial charge in [-0.15, -0.1) is 0 Å². The summed E-state index contributed by atoms with van der Waals surface area (Å²) in [5, 5.41) is 12.5. The van der Waals surface area contributed by atoms with Crippen molar-refractivity contribution in [2.24, 2.45) is 0 Å². The summed E-state index contributed by atoms with van der Waals surface area (Å²) in [5.74, 6) is -0.188. The molecule has 26 heavy (non-hydrogen) atoms. The van der Waals surface area contributed by atoms with Crippen molar-refractivity contribution in [2.75, 3.05) is 20.2 Å². The van der Waals surface area contributed by atoms with Crippen molar-refractivity contribution in [3.63, 3.8) is 0 Å². The minimum atomic E-state index is -0.881. The highest BCUT2D eigenvalue weighted by molar-refractivity contribution is 5.75. The van der Waals surface area contributed by atoms with Crippen LogP contribution < -0.4 is 10.1 Å². The number of nitrogens with one attached hydrogen (secondary N) is 1. The van der Waals surface area contributed by atoms with Crippen LogP contribution in [-0.4, -0.2) is 53.9 Å². The van der Waals surface area contributed by atoms with Crippen LogP contribution in [0, 0.1) is 0 Å². The summed E-state index contributed by atoms with van der Waals surface area (Å²) in [6.45, 7) is 6.64. The fourth-order valence-corrected chi connectivity index (χ4v) is 3.07. The van der Waals surface area contributed by atoms with Gasteiger partial charge in [-0.05, 0) is 51.3 Å². The van der Waals surface area contributed by atoms with Crippen LogP contribution in [0.25, 0.3) is 0 Å². The molecule has 1 atom stereocenters. The third-order valence-corrected chi connectivity index (χ3v) is 4.28. The van der Waals surface area contributed by atoms with Crippen LogP contribution in [0.15, 0.2) is 24.3 Å². The van der Waals surface area contributed by atoms with Gasteiger partial charge in [0.2, 0.25) is 0 Å². The molecule has 144 valence electrons. The van der Waals surface area contributed by atoms with Gasteiger partial charge in [-0.25, -0.2) is 4.79 Å². The number of hydrogen-bond donors (Lipinski definition) is 2. The van der Waals surface area contributed by atoms with E-state index in [1.807, 2.05) is 25.7 Å². The second kappa shape index (κ2) is 8.40. The maximum absolute atomic E-state index is 11.9. The number of carbonyl (C=O) groups excluding carboxylic acids is 1. The van der Waals surface area contributed by atoms with Crippen LogP contribution in [0.2, 0.25) is 0 Å². The SMILES string of the molecule is COc1ccc(C(C(=O)O)N2CCC(NC(=O)OC(C)(C)C)CC2)cc1. The van der Waals surface area contributed by atoms with Gasteiger partial charge >= 0.3 is 12.1 Å². The first-order valence-electron chi connectivity index (χ1n) is 8.80. The van der Waals surface area contributed by atoms with E-state index in [4.69, 9.17) is 9.47 Å². The predicted molar refractivity (Wildman–Crippen MR) is 97.3 cm³/mol. The quantitative estimate of drug-likeness (QED) is 0.835. The van der Waals surface area contributed by atoms with Crippen molar-refractivity contribution in [1.29, 1.82) is 0 Å². The molecule has 2 N–H and O–H groups in total. The van der Waals surface area contributed by atoms with E-state index in [9.17, 15) is 14.7 Å². The Labute approximate surface area is 154 Å². The van der Waals surface area contributed by atoms with E-state index in [1.165, 1.54) is 0 Å². The fraction of sp³-hybridized carbons (Fsp3) is 0.579. The molecular formula is C19H28N2O5. The third kappa shape index (κ3) is 5.62. The van der Waals surface area contributed by atoms with Crippen molar-refractivity contribution < 1.29 is 24.2 Å². The Morgan fingerprint density at radius 1 is 1.19 bits per heavy atom. The highest BCUT2D eigenvalue weighted by atomic mass is 16.6. The summed E-state index contributed by atoms with van der Waals surface area (Å²) >= 11 is 0. The number of aliphatic carboxylic acids is 1. The second-order valence-corrected chi connectivity index (χ2v) is 7.47. The summed E-state index contributed by atoms with van der Waals surface area (Å²) in [4.78, 5) is 25.6. The number of amides is 1. The lowest BCUT2D eigenvalue weighted by Crippen LogP contribution is -2.48. The smallest absolute Gasteiger partial charge is 0.407 e. The average Bonchev–Trinajstić information content (AvgIpc) is 2.55. The Morgan fingerprint density at radius 3 is 2.23 bits per heavy atom. The maximum atomic E-state index is 11.9. The van der Waals surface area contributed by atoms with Crippen LogP contribution in [0.4, 0.5) is 4.79 Å². The van der Waals surface area contributed by atoms with Crippen LogP contribution in [-0.2, 0) is 9.53 Å². The van der Waals surface area contributed by atoms with Gasteiger partial charge in [0.1, 0.15) is 17.4 Å². The molecule has 1 unspecified atom stereocenters. The van der Waals surface area contributed by atoms with E-state index in [0.29, 0.717) is 31.7 Å². The van der Waals surface area contributed by atoms with Crippen LogP contribution in [0.1, 0.15) is 45.2 Å². The number of carboxylic acid groups (broad SMARTS) is 1. The molecule has 0 spiro atoms. The lowest BCUT2D eigenvalue weighted by molar-refractivity contribution is -0.144. The number of rotatable bonds is 5. The van der Waals surface area contributed by atoms with Gasteiger partial charge < -0.3 is 19.9 Å². The van der Waals surface area contributed by atoms with Crippen LogP contribution in [0.3, 0.4) is 0 Å². The molecule has 0 bridgehead atoms. The van der Waals surface area contributed by atoms with Gasteiger partial charge in [-0.1, -0.05) is 12.1 Å². The molecule has 1 amide bonds. The van der Waals surface area contributed by atoms with Crippen molar-refractivity contribution in [1.82, 2.24) is 10.2 Å². The fourth-order valence-electron chi connectivity index (χ4n) is 3.07. The summed E-state index contributed by atoms with van der Waals surface area (Å²) in [6, 6.07) is 6.38. The molecule has 7 nitrogen and oxygen atoms in total. The Morgan fingerprint density at radius 2 is 1.77 bits per heavy atom. The molecule has 0 saturated carbocycles. The Hall–Kier alpha value is -2.28. The number of piperidine rings is 1. The molecule has 0 aliphatic carbocycles. The first kappa shape index (κ1) is 20.0. The molecule has 7 heteroatoms. The molecule has 1 aromatic rings. The van der Waals surface area contributed by atoms with Gasteiger partial charge in [0.15, 0.2) is 0 Å². The zero-order valence-corrected chi connectivity index (χ0v) is 15.8. The molecule has 1 aliphatic rings. The minimum absolute atomic E-state index is 0.00795. The molecule has 0 aromatic heterocycles. The molecule has 1 fully saturated rings. The monoisotopic (exact) mass is 364 g/mol. The van der Waals surface area contributed by atoms with Gasteiger partial charge in [-0.3, -0.25) is 9.69 Å². The van der Waals surface area contributed by atoms with Gasteiger partial charge in [0, 0.05) is 19.1 Å². The average molecular weight is 364 g/mol. The molecular weight excluding hydrogens is 336 g/mol. The van der Waals surface area contributed by atoms with E-state index in [-0.39, 0.29) is 6.04 Å². The second-order valence-electron chi connectivity index (χ2n) is 7.47. The van der Waals surface area contributed by atoms with Crippen molar-refractivity contribution in [3.05, 3.63) is 29.8 Å². The van der Waals surface area contributed by atoms with E-state index in [0.717, 1.165) is 5.56 Å². The Kier molecular flexibility index (Phi) is 6.47. The number of benzene rings is 1. The molecule has 2 rings (SSSR count). The van der Waals surface area contributed by atoms with Gasteiger partial charge in [-0.2, -0.15) is 0 Å². The number of methoxy groups -OCH3 is 1. The summed E-state index contributed by atoms with van der Waals surface area (Å²) in [6.07, 6.45) is 0.930. The number of carboxylic acids is 1. The standard InChI is InChI=1S/C19H28N2O5/c1-19(2,3)26-18(24)20-14-9-11-21(12-10-14)16(17(22)23)13-5-7-15(25-4)8-6-13/h5-8,14,16H,9-12H2,1-4H3,(H,20,24)(H,22,23). The highest BCUT2D eigenvalue weighted by Gasteiger charge is 2.32. The van der Waals surface area contributed by atoms with Crippen molar-refractivity contribution in [3.8, 4) is 5.75 Å². The van der Waals surface area contributed by atoms with Crippen molar-refractivity contribution >= 4 is 12.1 Å². The van der Waals surface area contributed by atoms with Gasteiger partial charge in [0.25, 0.3) is 0 Å². The highest BCUT2D eigenvalue weighted by Crippen LogP contribution is 2.26. The first-order chi connectivity index (χ1) is 12.2. The zero-order valence-electron chi connectivity index (χ0n) is 15.8. The van der Waals surface area contributed by atoms with Crippen molar-refractivity contribution in [2.45, 2.75) is 51.3 Å². The van der Waals surface area contributed by atoms with E-state index < -0.39 is 23.7 Å². The number of ether oxygens (including phenoxy) is 2. The summed E-state index contributed by atoms with van der Waals surface area (Å²) in [5.41, 5.74) is 0.185. The number of carbonyl (C=O) groups is 2. The molecule has 1 saturated heterocycles. The maximum Gasteiger partial charge on any atom is 0.407 e. The van der Waals surface area contributed by atoms with Crippen LogP contribution >= 0.6 is 0 Å². The van der Waals surface area contributed by atoms with E-state index >= 15 is 0 Å². The molecule has 1 aromatic carbocycles. The minimum Gasteiger partial charge on any atom is -0.497 e. The Bertz CT molecular complexity index is 616. The summed E-state index contributed by atoms with van der Waals surface area (Å²) in [7, 11) is 1.58. The number of alkyl carbamates (subject to hydrolysis) is 1. The summed E-state index contributed by atoms with van der Waals surface area (Å²) < 4.78 is 10.4. The topological polar surface area (TPSA) is 88.1 Å². The molecule has 1 aliphatic heterocycles. The number of likely N-dealkylation sites (tertiary alicyclic amines) is 1. The Balaban J connectivity index is 1.95. The van der Waals surface area contributed by atoms with Crippen LogP contribution in [0.5, 0.6) is 5.75 Å². The lowest BCUT2D eigenvalue weighted by Gasteiger charge is -2.36. The zero-order chi connectivity index (χ0) is 19.3. The largest absolute Gasteiger partial charge is 0.497 e. The normalized spacial score (nSPS) is 17.4. The third-order valence-electron chi connectivity index (χ3n) is 4.28. The van der Waals surface area contributed by atoms with Gasteiger partial charge in [0.05, 0.1) is 7.11 Å². The first-order valence-corrected chi connectivity index (χ1v) is 8.80. The predicted octanol–water partition coefficient (Wildman–Crippen LogP) is 2.81. The molecule has 0 radical (unpaired) electrons. The number of nitrogens with zero attached hydrogens (tertiary/aromatic N) is 1.